The van der Waals surface area contributed by atoms with E-state index < -0.39 is 12.0 Å². The van der Waals surface area contributed by atoms with Gasteiger partial charge in [0.25, 0.3) is 11.5 Å². The van der Waals surface area contributed by atoms with Gasteiger partial charge in [-0.3, -0.25) is 19.5 Å². The second-order valence-electron chi connectivity index (χ2n) is 6.71. The van der Waals surface area contributed by atoms with Gasteiger partial charge in [-0.1, -0.05) is 0 Å². The number of rotatable bonds is 5. The molecule has 14 heteroatoms. The van der Waals surface area contributed by atoms with Gasteiger partial charge in [0.05, 0.1) is 25.5 Å². The molecule has 0 spiro atoms. The van der Waals surface area contributed by atoms with Crippen LogP contribution in [-0.2, 0) is 20.2 Å². The topological polar surface area (TPSA) is 150 Å². The number of pyridine rings is 1. The average Bonchev–Trinajstić information content (AvgIpc) is 3.09. The Labute approximate surface area is 284 Å². The molecule has 0 aliphatic carbocycles. The fourth-order valence-electron chi connectivity index (χ4n) is 3.01. The van der Waals surface area contributed by atoms with Crippen LogP contribution < -0.4 is 133 Å². The summed E-state index contributed by atoms with van der Waals surface area (Å²) in [6.45, 7) is 0.274. The van der Waals surface area contributed by atoms with Crippen molar-refractivity contribution in [3.63, 3.8) is 0 Å². The number of carbonyl (C=O) groups excluding carboxylic acids is 2. The molecule has 3 heterocycles. The minimum Gasteiger partial charge on any atom is -0.652 e. The molecule has 0 saturated heterocycles. The maximum Gasteiger partial charge on any atom is 1.00 e. The second kappa shape index (κ2) is 14.5. The van der Waals surface area contributed by atoms with Crippen LogP contribution >= 0.6 is 0 Å². The summed E-state index contributed by atoms with van der Waals surface area (Å²) in [5, 5.41) is 20.8. The number of carbonyl (C=O) groups is 2. The molecule has 1 aliphatic rings. The maximum absolute atomic E-state index is 14.5. The molecule has 0 N–H and O–H groups in total. The molecule has 1 aliphatic heterocycles. The number of aryl methyl sites for hydroxylation is 1. The molecule has 1 aromatic carbocycles. The van der Waals surface area contributed by atoms with E-state index >= 15 is 0 Å². The molecule has 1 amide bonds. The first-order valence-electron chi connectivity index (χ1n) is 9.38. The van der Waals surface area contributed by atoms with Gasteiger partial charge in [0.15, 0.2) is 17.4 Å². The number of carboxylic acid groups (broad SMARTS) is 2. The molecule has 3 aromatic rings. The van der Waals surface area contributed by atoms with Gasteiger partial charge in [-0.2, -0.15) is 5.10 Å². The second-order valence-corrected chi connectivity index (χ2v) is 6.71. The predicted octanol–water partition coefficient (Wildman–Crippen LogP) is -6.38. The van der Waals surface area contributed by atoms with E-state index in [1.807, 2.05) is 0 Å². The molecular weight excluding hydrogens is 517 g/mol. The number of fused-ring (bicyclic) bond motifs is 1. The SMILES string of the molecule is COc1ccc(COc2cc3c(cc2F)C(=O)N(c2ccc(=O)n(C)n2)C3)nc1.O=C([O-])[O-].[K+].[K+]. The van der Waals surface area contributed by atoms with Crippen LogP contribution in [0.15, 0.2) is 47.4 Å². The minimum atomic E-state index is -2.33. The van der Waals surface area contributed by atoms with Crippen LogP contribution in [0.4, 0.5) is 15.0 Å². The van der Waals surface area contributed by atoms with Crippen molar-refractivity contribution >= 4 is 17.9 Å². The number of ether oxygens (including phenoxy) is 2. The molecule has 0 saturated carbocycles. The molecule has 35 heavy (non-hydrogen) atoms. The third-order valence-electron chi connectivity index (χ3n) is 4.59. The van der Waals surface area contributed by atoms with Crippen LogP contribution in [0.5, 0.6) is 11.5 Å². The number of aromatic nitrogens is 3. The Kier molecular flexibility index (Phi) is 13.2. The summed E-state index contributed by atoms with van der Waals surface area (Å²) in [5.41, 5.74) is 1.18. The van der Waals surface area contributed by atoms with Gasteiger partial charge < -0.3 is 24.5 Å². The van der Waals surface area contributed by atoms with Crippen molar-refractivity contribution in [2.75, 3.05) is 12.0 Å². The summed E-state index contributed by atoms with van der Waals surface area (Å²) >= 11 is 0. The van der Waals surface area contributed by atoms with Crippen molar-refractivity contribution in [2.24, 2.45) is 7.05 Å². The Bertz CT molecular complexity index is 1250. The maximum atomic E-state index is 14.5. The van der Waals surface area contributed by atoms with Crippen LogP contribution in [-0.4, -0.2) is 33.9 Å². The van der Waals surface area contributed by atoms with Crippen molar-refractivity contribution in [1.82, 2.24) is 14.8 Å². The first-order chi connectivity index (χ1) is 15.7. The first-order valence-corrected chi connectivity index (χ1v) is 9.38. The largest absolute Gasteiger partial charge is 1.00 e. The van der Waals surface area contributed by atoms with Gasteiger partial charge in [0, 0.05) is 18.7 Å². The Balaban J connectivity index is 0.000000950. The van der Waals surface area contributed by atoms with Crippen LogP contribution in [0, 0.1) is 5.82 Å². The smallest absolute Gasteiger partial charge is 0.652 e. The number of halogens is 1. The fraction of sp³-hybridized carbons (Fsp3) is 0.190. The number of methoxy groups -OCH3 is 1. The van der Waals surface area contributed by atoms with E-state index in [-0.39, 0.29) is 139 Å². The third-order valence-corrected chi connectivity index (χ3v) is 4.59. The minimum absolute atomic E-state index is 0. The summed E-state index contributed by atoms with van der Waals surface area (Å²) in [6.07, 6.45) is -0.783. The molecule has 0 bridgehead atoms. The third kappa shape index (κ3) is 8.41. The number of anilines is 1. The van der Waals surface area contributed by atoms with E-state index in [1.54, 1.807) is 25.4 Å². The van der Waals surface area contributed by atoms with Crippen molar-refractivity contribution in [3.05, 3.63) is 75.6 Å². The summed E-state index contributed by atoms with van der Waals surface area (Å²) in [4.78, 5) is 38.1. The summed E-state index contributed by atoms with van der Waals surface area (Å²) in [7, 11) is 3.04. The molecule has 0 unspecified atom stereocenters. The summed E-state index contributed by atoms with van der Waals surface area (Å²) in [5.74, 6) is -0.0552. The Morgan fingerprint density at radius 1 is 1.14 bits per heavy atom. The van der Waals surface area contributed by atoms with Gasteiger partial charge in [0.1, 0.15) is 12.4 Å². The van der Waals surface area contributed by atoms with E-state index in [4.69, 9.17) is 24.5 Å². The Hall–Kier alpha value is -1.21. The van der Waals surface area contributed by atoms with Gasteiger partial charge in [0.2, 0.25) is 0 Å². The van der Waals surface area contributed by atoms with Crippen molar-refractivity contribution in [2.45, 2.75) is 13.2 Å². The zero-order valence-electron chi connectivity index (χ0n) is 19.5. The van der Waals surface area contributed by atoms with Gasteiger partial charge in [-0.25, -0.2) is 9.07 Å². The van der Waals surface area contributed by atoms with Crippen LogP contribution in [0.25, 0.3) is 0 Å². The van der Waals surface area contributed by atoms with Crippen LogP contribution in [0.1, 0.15) is 21.6 Å². The van der Waals surface area contributed by atoms with Crippen LogP contribution in [0.2, 0.25) is 0 Å². The molecule has 172 valence electrons. The number of amides is 1. The Morgan fingerprint density at radius 3 is 2.40 bits per heavy atom. The standard InChI is InChI=1S/C20H17FN4O4.CH2O3.2K/c1-24-19(26)6-5-18(23-24)25-10-12-7-17(16(21)8-15(12)20(25)27)29-11-13-3-4-14(28-2)9-22-13;2-1(3)4;;/h3-9H,10-11H2,1-2H3;(H2,2,3,4);;/q;;2*+1/p-2. The van der Waals surface area contributed by atoms with E-state index in [0.717, 1.165) is 10.7 Å². The molecule has 0 radical (unpaired) electrons. The average molecular weight is 535 g/mol. The fourth-order valence-corrected chi connectivity index (χ4v) is 3.01. The van der Waals surface area contributed by atoms with Crippen molar-refractivity contribution < 1.29 is 136 Å². The molecule has 2 aromatic heterocycles. The van der Waals surface area contributed by atoms with E-state index in [1.165, 1.54) is 30.1 Å². The van der Waals surface area contributed by atoms with E-state index in [9.17, 15) is 14.0 Å². The van der Waals surface area contributed by atoms with E-state index in [2.05, 4.69) is 10.1 Å². The zero-order valence-corrected chi connectivity index (χ0v) is 25.7. The van der Waals surface area contributed by atoms with E-state index in [0.29, 0.717) is 22.8 Å². The molecule has 4 rings (SSSR count). The zero-order chi connectivity index (χ0) is 24.1. The number of nitrogens with zero attached hydrogens (tertiary/aromatic N) is 4. The van der Waals surface area contributed by atoms with Gasteiger partial charge in [-0.05, 0) is 42.1 Å². The Morgan fingerprint density at radius 2 is 1.83 bits per heavy atom. The molecule has 0 fully saturated rings. The molecular formula is C21H17FK2N4O7. The quantitative estimate of drug-likeness (QED) is 0.291. The number of hydrogen-bond acceptors (Lipinski definition) is 9. The number of benzene rings is 1. The predicted molar refractivity (Wildman–Crippen MR) is 107 cm³/mol. The summed E-state index contributed by atoms with van der Waals surface area (Å²) in [6, 6.07) is 8.93. The van der Waals surface area contributed by atoms with Gasteiger partial charge >= 0.3 is 103 Å². The van der Waals surface area contributed by atoms with Gasteiger partial charge in [-0.15, -0.1) is 0 Å². The molecule has 11 nitrogen and oxygen atoms in total. The van der Waals surface area contributed by atoms with Crippen molar-refractivity contribution in [3.8, 4) is 11.5 Å². The normalized spacial score (nSPS) is 11.3. The summed E-state index contributed by atoms with van der Waals surface area (Å²) < 4.78 is 26.2. The van der Waals surface area contributed by atoms with Crippen LogP contribution in [0.3, 0.4) is 0 Å². The molecule has 0 atom stereocenters. The van der Waals surface area contributed by atoms with Crippen molar-refractivity contribution in [1.29, 1.82) is 0 Å². The monoisotopic (exact) mass is 534 g/mol. The first kappa shape index (κ1) is 31.8. The number of hydrogen-bond donors (Lipinski definition) is 0.